The Labute approximate surface area is 105 Å². The smallest absolute Gasteiger partial charge is 0.340 e. The highest BCUT2D eigenvalue weighted by atomic mass is 16.5. The molecule has 1 aromatic rings. The molecule has 0 aliphatic carbocycles. The summed E-state index contributed by atoms with van der Waals surface area (Å²) in [5.41, 5.74) is -1.23. The molecule has 4 nitrogen and oxygen atoms in total. The van der Waals surface area contributed by atoms with Crippen molar-refractivity contribution in [2.24, 2.45) is 0 Å². The average Bonchev–Trinajstić information content (AvgIpc) is 2.40. The standard InChI is InChI=1S/C14H14O4/c15-13(16)14(17,12-8-4-5-9-18-12)10-11-6-2-1-3-7-11/h1-9,12,17H,10H2,(H,15,16). The van der Waals surface area contributed by atoms with Gasteiger partial charge in [0.15, 0.2) is 6.10 Å². The lowest BCUT2D eigenvalue weighted by Crippen LogP contribution is -2.51. The number of rotatable bonds is 4. The summed E-state index contributed by atoms with van der Waals surface area (Å²) in [7, 11) is 0. The third-order valence-electron chi connectivity index (χ3n) is 2.86. The zero-order chi connectivity index (χ0) is 13.0. The Balaban J connectivity index is 2.24. The minimum Gasteiger partial charge on any atom is -0.490 e. The summed E-state index contributed by atoms with van der Waals surface area (Å²) >= 11 is 0. The van der Waals surface area contributed by atoms with Gasteiger partial charge in [0.1, 0.15) is 0 Å². The van der Waals surface area contributed by atoms with Gasteiger partial charge in [0.05, 0.1) is 6.26 Å². The summed E-state index contributed by atoms with van der Waals surface area (Å²) in [5, 5.41) is 19.6. The Kier molecular flexibility index (Phi) is 3.48. The Bertz CT molecular complexity index is 478. The lowest BCUT2D eigenvalue weighted by molar-refractivity contribution is -0.168. The molecule has 0 fully saturated rings. The zero-order valence-corrected chi connectivity index (χ0v) is 9.69. The van der Waals surface area contributed by atoms with Crippen molar-refractivity contribution in [2.75, 3.05) is 0 Å². The lowest BCUT2D eigenvalue weighted by Gasteiger charge is -2.30. The summed E-state index contributed by atoms with van der Waals surface area (Å²) in [6.07, 6.45) is 5.32. The van der Waals surface area contributed by atoms with Crippen molar-refractivity contribution in [3.8, 4) is 0 Å². The number of ether oxygens (including phenoxy) is 1. The molecule has 2 unspecified atom stereocenters. The van der Waals surface area contributed by atoms with Crippen LogP contribution in [0.3, 0.4) is 0 Å². The van der Waals surface area contributed by atoms with Gasteiger partial charge in [0, 0.05) is 6.42 Å². The van der Waals surface area contributed by atoms with E-state index in [9.17, 15) is 15.0 Å². The molecule has 94 valence electrons. The fourth-order valence-electron chi connectivity index (χ4n) is 1.86. The third kappa shape index (κ3) is 2.43. The van der Waals surface area contributed by atoms with Crippen LogP contribution in [0.15, 0.2) is 54.8 Å². The maximum Gasteiger partial charge on any atom is 0.340 e. The molecule has 18 heavy (non-hydrogen) atoms. The molecule has 0 saturated carbocycles. The number of carbonyl (C=O) groups is 1. The molecule has 1 aliphatic heterocycles. The van der Waals surface area contributed by atoms with E-state index >= 15 is 0 Å². The lowest BCUT2D eigenvalue weighted by atomic mass is 9.88. The fraction of sp³-hybridized carbons (Fsp3) is 0.214. The minimum atomic E-state index is -1.97. The van der Waals surface area contributed by atoms with Gasteiger partial charge in [-0.1, -0.05) is 36.4 Å². The molecule has 0 radical (unpaired) electrons. The molecule has 0 amide bonds. The Morgan fingerprint density at radius 3 is 2.56 bits per heavy atom. The van der Waals surface area contributed by atoms with Gasteiger partial charge in [-0.25, -0.2) is 4.79 Å². The number of benzene rings is 1. The molecular formula is C14H14O4. The predicted octanol–water partition coefficient (Wildman–Crippen LogP) is 1.51. The van der Waals surface area contributed by atoms with Crippen LogP contribution in [0.1, 0.15) is 5.56 Å². The molecule has 1 aromatic carbocycles. The molecular weight excluding hydrogens is 232 g/mol. The molecule has 0 bridgehead atoms. The summed E-state index contributed by atoms with van der Waals surface area (Å²) in [5.74, 6) is -1.30. The molecule has 1 aliphatic rings. The quantitative estimate of drug-likeness (QED) is 0.845. The van der Waals surface area contributed by atoms with E-state index in [4.69, 9.17) is 4.74 Å². The number of carboxylic acids is 1. The Hall–Kier alpha value is -2.07. The minimum absolute atomic E-state index is 0.00792. The Morgan fingerprint density at radius 1 is 1.28 bits per heavy atom. The summed E-state index contributed by atoms with van der Waals surface area (Å²) < 4.78 is 5.18. The zero-order valence-electron chi connectivity index (χ0n) is 9.69. The Morgan fingerprint density at radius 2 is 2.00 bits per heavy atom. The second-order valence-corrected chi connectivity index (χ2v) is 4.16. The van der Waals surface area contributed by atoms with Crippen LogP contribution in [-0.2, 0) is 16.0 Å². The largest absolute Gasteiger partial charge is 0.490 e. The number of hydrogen-bond acceptors (Lipinski definition) is 3. The maximum atomic E-state index is 11.3. The number of hydrogen-bond donors (Lipinski definition) is 2. The van der Waals surface area contributed by atoms with E-state index in [1.165, 1.54) is 12.3 Å². The van der Waals surface area contributed by atoms with E-state index in [1.54, 1.807) is 36.4 Å². The molecule has 2 rings (SSSR count). The highest BCUT2D eigenvalue weighted by molar-refractivity contribution is 5.79. The average molecular weight is 246 g/mol. The van der Waals surface area contributed by atoms with Crippen molar-refractivity contribution < 1.29 is 19.7 Å². The third-order valence-corrected chi connectivity index (χ3v) is 2.86. The maximum absolute atomic E-state index is 11.3. The van der Waals surface area contributed by atoms with Crippen molar-refractivity contribution in [3.05, 3.63) is 60.4 Å². The molecule has 4 heteroatoms. The molecule has 2 atom stereocenters. The SMILES string of the molecule is O=C(O)C(O)(Cc1ccccc1)C1C=CC=CO1. The van der Waals surface area contributed by atoms with E-state index < -0.39 is 17.7 Å². The first-order valence-electron chi connectivity index (χ1n) is 5.61. The van der Waals surface area contributed by atoms with Crippen LogP contribution in [-0.4, -0.2) is 27.9 Å². The monoisotopic (exact) mass is 246 g/mol. The van der Waals surface area contributed by atoms with Crippen molar-refractivity contribution in [1.82, 2.24) is 0 Å². The van der Waals surface area contributed by atoms with Crippen LogP contribution in [0.25, 0.3) is 0 Å². The van der Waals surface area contributed by atoms with Crippen LogP contribution in [0, 0.1) is 0 Å². The summed E-state index contributed by atoms with van der Waals surface area (Å²) in [6.45, 7) is 0. The van der Waals surface area contributed by atoms with Gasteiger partial charge in [-0.3, -0.25) is 0 Å². The molecule has 1 heterocycles. The van der Waals surface area contributed by atoms with Gasteiger partial charge in [-0.05, 0) is 17.7 Å². The topological polar surface area (TPSA) is 66.8 Å². The second kappa shape index (κ2) is 5.06. The summed E-state index contributed by atoms with van der Waals surface area (Å²) in [6, 6.07) is 8.99. The van der Waals surface area contributed by atoms with Crippen molar-refractivity contribution in [2.45, 2.75) is 18.1 Å². The number of aliphatic carboxylic acids is 1. The van der Waals surface area contributed by atoms with Gasteiger partial charge in [0.2, 0.25) is 5.60 Å². The first-order valence-corrected chi connectivity index (χ1v) is 5.61. The van der Waals surface area contributed by atoms with Crippen molar-refractivity contribution in [1.29, 1.82) is 0 Å². The van der Waals surface area contributed by atoms with Crippen LogP contribution >= 0.6 is 0 Å². The second-order valence-electron chi connectivity index (χ2n) is 4.16. The number of aliphatic hydroxyl groups is 1. The van der Waals surface area contributed by atoms with E-state index in [1.807, 2.05) is 6.07 Å². The molecule has 2 N–H and O–H groups in total. The van der Waals surface area contributed by atoms with Crippen LogP contribution < -0.4 is 0 Å². The molecule has 0 aromatic heterocycles. The highest BCUT2D eigenvalue weighted by Crippen LogP contribution is 2.23. The number of carboxylic acid groups (broad SMARTS) is 1. The van der Waals surface area contributed by atoms with Gasteiger partial charge in [-0.15, -0.1) is 0 Å². The van der Waals surface area contributed by atoms with Crippen molar-refractivity contribution in [3.63, 3.8) is 0 Å². The predicted molar refractivity (Wildman–Crippen MR) is 65.9 cm³/mol. The van der Waals surface area contributed by atoms with Gasteiger partial charge >= 0.3 is 5.97 Å². The van der Waals surface area contributed by atoms with E-state index in [0.717, 1.165) is 5.56 Å². The van der Waals surface area contributed by atoms with E-state index in [2.05, 4.69) is 0 Å². The van der Waals surface area contributed by atoms with Gasteiger partial charge < -0.3 is 14.9 Å². The van der Waals surface area contributed by atoms with Gasteiger partial charge in [-0.2, -0.15) is 0 Å². The fourth-order valence-corrected chi connectivity index (χ4v) is 1.86. The first-order chi connectivity index (χ1) is 8.63. The molecule has 0 spiro atoms. The van der Waals surface area contributed by atoms with Gasteiger partial charge in [0.25, 0.3) is 0 Å². The van der Waals surface area contributed by atoms with Crippen LogP contribution in [0.2, 0.25) is 0 Å². The number of allylic oxidation sites excluding steroid dienone is 2. The highest BCUT2D eigenvalue weighted by Gasteiger charge is 2.44. The normalized spacial score (nSPS) is 21.1. The van der Waals surface area contributed by atoms with Crippen LogP contribution in [0.4, 0.5) is 0 Å². The van der Waals surface area contributed by atoms with Crippen LogP contribution in [0.5, 0.6) is 0 Å². The molecule has 0 saturated heterocycles. The summed E-state index contributed by atoms with van der Waals surface area (Å²) in [4.78, 5) is 11.3. The van der Waals surface area contributed by atoms with E-state index in [-0.39, 0.29) is 6.42 Å². The van der Waals surface area contributed by atoms with E-state index in [0.29, 0.717) is 0 Å². The van der Waals surface area contributed by atoms with Crippen molar-refractivity contribution >= 4 is 5.97 Å². The first kappa shape index (κ1) is 12.4.